The first-order valence-electron chi connectivity index (χ1n) is 7.18. The van der Waals surface area contributed by atoms with Crippen LogP contribution in [-0.4, -0.2) is 30.6 Å². The Hall–Kier alpha value is -0.860. The molecule has 0 spiro atoms. The summed E-state index contributed by atoms with van der Waals surface area (Å²) in [6.45, 7) is 2.05. The number of likely N-dealkylation sites (tertiary alicyclic amines) is 1. The fourth-order valence-electron chi connectivity index (χ4n) is 3.52. The van der Waals surface area contributed by atoms with Gasteiger partial charge in [-0.05, 0) is 50.8 Å². The lowest BCUT2D eigenvalue weighted by Crippen LogP contribution is -2.37. The van der Waals surface area contributed by atoms with Crippen LogP contribution < -0.4 is 0 Å². The first kappa shape index (κ1) is 12.2. The van der Waals surface area contributed by atoms with Gasteiger partial charge in [-0.25, -0.2) is 0 Å². The Labute approximate surface area is 110 Å². The minimum absolute atomic E-state index is 0.465. The van der Waals surface area contributed by atoms with Crippen LogP contribution in [0.2, 0.25) is 0 Å². The molecule has 1 aromatic carbocycles. The zero-order valence-electron chi connectivity index (χ0n) is 11.2. The largest absolute Gasteiger partial charge is 0.373 e. The van der Waals surface area contributed by atoms with E-state index in [0.29, 0.717) is 6.10 Å². The van der Waals surface area contributed by atoms with E-state index in [4.69, 9.17) is 4.74 Å². The summed E-state index contributed by atoms with van der Waals surface area (Å²) in [6.07, 6.45) is 5.70. The summed E-state index contributed by atoms with van der Waals surface area (Å²) in [5.41, 5.74) is 1.29. The average molecular weight is 245 g/mol. The van der Waals surface area contributed by atoms with E-state index in [1.54, 1.807) is 0 Å². The average Bonchev–Trinajstić information content (AvgIpc) is 2.79. The van der Waals surface area contributed by atoms with Crippen molar-refractivity contribution < 1.29 is 4.74 Å². The summed E-state index contributed by atoms with van der Waals surface area (Å²) in [7, 11) is 2.27. The summed E-state index contributed by atoms with van der Waals surface area (Å²) >= 11 is 0. The van der Waals surface area contributed by atoms with Crippen LogP contribution in [0.25, 0.3) is 0 Å². The number of hydrogen-bond donors (Lipinski definition) is 0. The fraction of sp³-hybridized carbons (Fsp3) is 0.625. The Kier molecular flexibility index (Phi) is 3.67. The van der Waals surface area contributed by atoms with E-state index in [1.807, 2.05) is 0 Å². The molecule has 2 heteroatoms. The van der Waals surface area contributed by atoms with Crippen LogP contribution in [0.4, 0.5) is 0 Å². The van der Waals surface area contributed by atoms with Crippen molar-refractivity contribution in [3.63, 3.8) is 0 Å². The van der Waals surface area contributed by atoms with Crippen molar-refractivity contribution in [2.45, 2.75) is 44.4 Å². The highest BCUT2D eigenvalue weighted by Gasteiger charge is 2.37. The minimum atomic E-state index is 0.465. The van der Waals surface area contributed by atoms with Crippen molar-refractivity contribution in [2.75, 3.05) is 13.6 Å². The van der Waals surface area contributed by atoms with Crippen molar-refractivity contribution in [3.05, 3.63) is 35.9 Å². The normalized spacial score (nSPS) is 32.4. The lowest BCUT2D eigenvalue weighted by molar-refractivity contribution is -0.00970. The van der Waals surface area contributed by atoms with E-state index in [-0.39, 0.29) is 0 Å². The van der Waals surface area contributed by atoms with Crippen LogP contribution in [0, 0.1) is 5.92 Å². The molecule has 3 rings (SSSR count). The molecule has 18 heavy (non-hydrogen) atoms. The van der Waals surface area contributed by atoms with Gasteiger partial charge in [-0.2, -0.15) is 0 Å². The molecule has 0 N–H and O–H groups in total. The Morgan fingerprint density at radius 2 is 2.00 bits per heavy atom. The Morgan fingerprint density at radius 1 is 1.17 bits per heavy atom. The maximum absolute atomic E-state index is 6.10. The zero-order chi connectivity index (χ0) is 12.4. The Bertz CT molecular complexity index is 378. The van der Waals surface area contributed by atoms with Gasteiger partial charge in [-0.15, -0.1) is 0 Å². The molecule has 2 aliphatic rings. The van der Waals surface area contributed by atoms with Gasteiger partial charge in [0.25, 0.3) is 0 Å². The molecule has 0 aromatic heterocycles. The molecule has 1 heterocycles. The molecule has 1 aromatic rings. The van der Waals surface area contributed by atoms with E-state index in [0.717, 1.165) is 18.6 Å². The predicted molar refractivity (Wildman–Crippen MR) is 73.4 cm³/mol. The maximum Gasteiger partial charge on any atom is 0.0720 e. The molecule has 0 amide bonds. The predicted octanol–water partition coefficient (Wildman–Crippen LogP) is 3.08. The molecular formula is C16H23NO. The molecule has 1 aliphatic heterocycles. The van der Waals surface area contributed by atoms with Gasteiger partial charge in [0.1, 0.15) is 0 Å². The van der Waals surface area contributed by atoms with Crippen LogP contribution in [-0.2, 0) is 11.3 Å². The second-order valence-corrected chi connectivity index (χ2v) is 5.83. The van der Waals surface area contributed by atoms with Gasteiger partial charge in [0.15, 0.2) is 0 Å². The Morgan fingerprint density at radius 3 is 2.83 bits per heavy atom. The summed E-state index contributed by atoms with van der Waals surface area (Å²) in [5.74, 6) is 0.937. The fourth-order valence-corrected chi connectivity index (χ4v) is 3.52. The molecule has 2 fully saturated rings. The highest BCUT2D eigenvalue weighted by Crippen LogP contribution is 2.36. The van der Waals surface area contributed by atoms with E-state index in [9.17, 15) is 0 Å². The molecule has 0 bridgehead atoms. The number of benzene rings is 1. The van der Waals surface area contributed by atoms with Gasteiger partial charge in [-0.3, -0.25) is 0 Å². The van der Waals surface area contributed by atoms with Gasteiger partial charge < -0.3 is 9.64 Å². The lowest BCUT2D eigenvalue weighted by Gasteiger charge is -2.34. The molecule has 0 unspecified atom stereocenters. The second-order valence-electron chi connectivity index (χ2n) is 5.83. The SMILES string of the molecule is CN1CC[C@@H]2CC[C@H](OCc3ccccc3)C[C@@H]21. The van der Waals surface area contributed by atoms with Gasteiger partial charge >= 0.3 is 0 Å². The van der Waals surface area contributed by atoms with E-state index >= 15 is 0 Å². The molecule has 1 saturated heterocycles. The zero-order valence-corrected chi connectivity index (χ0v) is 11.2. The van der Waals surface area contributed by atoms with Gasteiger partial charge in [-0.1, -0.05) is 30.3 Å². The number of ether oxygens (including phenoxy) is 1. The van der Waals surface area contributed by atoms with Crippen LogP contribution >= 0.6 is 0 Å². The maximum atomic E-state index is 6.10. The van der Waals surface area contributed by atoms with Gasteiger partial charge in [0.05, 0.1) is 12.7 Å². The number of fused-ring (bicyclic) bond motifs is 1. The third kappa shape index (κ3) is 2.60. The van der Waals surface area contributed by atoms with Gasteiger partial charge in [0.2, 0.25) is 0 Å². The molecule has 0 radical (unpaired) electrons. The molecule has 98 valence electrons. The van der Waals surface area contributed by atoms with Crippen molar-refractivity contribution in [1.29, 1.82) is 0 Å². The third-order valence-electron chi connectivity index (χ3n) is 4.66. The van der Waals surface area contributed by atoms with Crippen molar-refractivity contribution in [1.82, 2.24) is 4.90 Å². The monoisotopic (exact) mass is 245 g/mol. The lowest BCUT2D eigenvalue weighted by atomic mass is 9.83. The smallest absolute Gasteiger partial charge is 0.0720 e. The number of hydrogen-bond acceptors (Lipinski definition) is 2. The van der Waals surface area contributed by atoms with Crippen LogP contribution in [0.5, 0.6) is 0 Å². The van der Waals surface area contributed by atoms with Crippen LogP contribution in [0.3, 0.4) is 0 Å². The second kappa shape index (κ2) is 5.41. The molecular weight excluding hydrogens is 222 g/mol. The molecule has 1 saturated carbocycles. The molecule has 2 nitrogen and oxygen atoms in total. The van der Waals surface area contributed by atoms with E-state index < -0.39 is 0 Å². The van der Waals surface area contributed by atoms with Crippen molar-refractivity contribution >= 4 is 0 Å². The van der Waals surface area contributed by atoms with Crippen LogP contribution in [0.1, 0.15) is 31.2 Å². The molecule has 1 aliphatic carbocycles. The summed E-state index contributed by atoms with van der Waals surface area (Å²) in [4.78, 5) is 2.53. The topological polar surface area (TPSA) is 12.5 Å². The number of rotatable bonds is 3. The highest BCUT2D eigenvalue weighted by atomic mass is 16.5. The summed E-state index contributed by atoms with van der Waals surface area (Å²) in [6, 6.07) is 11.3. The van der Waals surface area contributed by atoms with Gasteiger partial charge in [0, 0.05) is 6.04 Å². The standard InChI is InChI=1S/C16H23NO/c1-17-10-9-14-7-8-15(11-16(14)17)18-12-13-5-3-2-4-6-13/h2-6,14-16H,7-12H2,1H3/t14-,15-,16-/m0/s1. The van der Waals surface area contributed by atoms with Crippen molar-refractivity contribution in [2.24, 2.45) is 5.92 Å². The minimum Gasteiger partial charge on any atom is -0.373 e. The molecule has 3 atom stereocenters. The third-order valence-corrected chi connectivity index (χ3v) is 4.66. The highest BCUT2D eigenvalue weighted by molar-refractivity contribution is 5.13. The van der Waals surface area contributed by atoms with E-state index in [1.165, 1.54) is 37.8 Å². The Balaban J connectivity index is 1.52. The summed E-state index contributed by atoms with van der Waals surface area (Å²) in [5, 5.41) is 0. The van der Waals surface area contributed by atoms with E-state index in [2.05, 4.69) is 42.3 Å². The first-order valence-corrected chi connectivity index (χ1v) is 7.18. The first-order chi connectivity index (χ1) is 8.83. The quantitative estimate of drug-likeness (QED) is 0.811. The van der Waals surface area contributed by atoms with Crippen LogP contribution in [0.15, 0.2) is 30.3 Å². The van der Waals surface area contributed by atoms with Crippen molar-refractivity contribution in [3.8, 4) is 0 Å². The summed E-state index contributed by atoms with van der Waals surface area (Å²) < 4.78 is 6.10. The number of nitrogens with zero attached hydrogens (tertiary/aromatic N) is 1.